The van der Waals surface area contributed by atoms with E-state index in [1.807, 2.05) is 4.90 Å². The number of halogens is 1. The minimum absolute atomic E-state index is 0.0983. The Morgan fingerprint density at radius 3 is 2.72 bits per heavy atom. The molecule has 0 aliphatic carbocycles. The van der Waals surface area contributed by atoms with Crippen LogP contribution in [0.3, 0.4) is 0 Å². The molecule has 4 aliphatic rings. The zero-order valence-electron chi connectivity index (χ0n) is 16.7. The first kappa shape index (κ1) is 19.1. The molecule has 4 aliphatic heterocycles. The summed E-state index contributed by atoms with van der Waals surface area (Å²) in [6, 6.07) is 8.95. The van der Waals surface area contributed by atoms with Gasteiger partial charge < -0.3 is 5.32 Å². The van der Waals surface area contributed by atoms with Gasteiger partial charge in [-0.05, 0) is 43.7 Å². The van der Waals surface area contributed by atoms with Crippen LogP contribution in [0.5, 0.6) is 0 Å². The summed E-state index contributed by atoms with van der Waals surface area (Å²) in [4.78, 5) is 54.2. The van der Waals surface area contributed by atoms with Crippen molar-refractivity contribution in [3.63, 3.8) is 0 Å². The number of anilines is 2. The van der Waals surface area contributed by atoms with Crippen LogP contribution in [-0.4, -0.2) is 40.1 Å². The molecule has 4 atom stereocenters. The first-order valence-electron chi connectivity index (χ1n) is 10.4. The smallest absolute Gasteiger partial charge is 0.271 e. The number of fused-ring (bicyclic) bond motifs is 7. The van der Waals surface area contributed by atoms with Gasteiger partial charge in [-0.15, -0.1) is 0 Å². The summed E-state index contributed by atoms with van der Waals surface area (Å²) in [6.45, 7) is 0.512. The van der Waals surface area contributed by atoms with Crippen molar-refractivity contribution in [3.05, 3.63) is 64.0 Å². The maximum atomic E-state index is 14.3. The lowest BCUT2D eigenvalue weighted by molar-refractivity contribution is -0.384. The van der Waals surface area contributed by atoms with Crippen molar-refractivity contribution in [2.24, 2.45) is 11.8 Å². The molecule has 6 rings (SSSR count). The Kier molecular flexibility index (Phi) is 3.69. The van der Waals surface area contributed by atoms with E-state index < -0.39 is 45.8 Å². The highest BCUT2D eigenvalue weighted by molar-refractivity contribution is 6.25. The SMILES string of the molecule is O=C1C2C3CCCN3C3(C(=O)Nc4ccc(F)cc43)C2C(=O)N1c1cccc([N+](=O)[O-])c1. The number of hydrogen-bond acceptors (Lipinski definition) is 6. The highest BCUT2D eigenvalue weighted by Crippen LogP contribution is 2.60. The van der Waals surface area contributed by atoms with Crippen molar-refractivity contribution in [2.75, 3.05) is 16.8 Å². The lowest BCUT2D eigenvalue weighted by Gasteiger charge is -2.36. The van der Waals surface area contributed by atoms with Crippen LogP contribution in [0.1, 0.15) is 18.4 Å². The number of hydrogen-bond donors (Lipinski definition) is 1. The lowest BCUT2D eigenvalue weighted by Crippen LogP contribution is -2.54. The molecule has 9 nitrogen and oxygen atoms in total. The summed E-state index contributed by atoms with van der Waals surface area (Å²) in [5.41, 5.74) is -0.837. The van der Waals surface area contributed by atoms with Crippen molar-refractivity contribution in [1.82, 2.24) is 4.90 Å². The molecular formula is C22H17FN4O5. The Hall–Kier alpha value is -3.66. The Morgan fingerprint density at radius 2 is 1.94 bits per heavy atom. The van der Waals surface area contributed by atoms with E-state index in [9.17, 15) is 28.9 Å². The van der Waals surface area contributed by atoms with Gasteiger partial charge in [0.2, 0.25) is 17.7 Å². The third-order valence-electron chi connectivity index (χ3n) is 7.25. The third-order valence-corrected chi connectivity index (χ3v) is 7.25. The standard InChI is InChI=1S/C22H17FN4O5/c23-11-6-7-15-14(9-11)22(21(30)24-15)18-17(16-5-2-8-25(16)22)19(28)26(20(18)29)12-3-1-4-13(10-12)27(31)32/h1,3-4,6-7,9-10,16-18H,2,5,8H2,(H,24,30). The van der Waals surface area contributed by atoms with Crippen LogP contribution >= 0.6 is 0 Å². The maximum Gasteiger partial charge on any atom is 0.271 e. The normalized spacial score (nSPS) is 30.6. The van der Waals surface area contributed by atoms with Crippen molar-refractivity contribution >= 4 is 34.8 Å². The van der Waals surface area contributed by atoms with E-state index in [2.05, 4.69) is 5.32 Å². The van der Waals surface area contributed by atoms with Crippen molar-refractivity contribution < 1.29 is 23.7 Å². The van der Waals surface area contributed by atoms with Gasteiger partial charge in [0.1, 0.15) is 11.4 Å². The fourth-order valence-corrected chi connectivity index (χ4v) is 6.18. The van der Waals surface area contributed by atoms with Crippen LogP contribution in [0.15, 0.2) is 42.5 Å². The van der Waals surface area contributed by atoms with Gasteiger partial charge in [-0.25, -0.2) is 9.29 Å². The molecule has 4 unspecified atom stereocenters. The molecule has 0 bridgehead atoms. The summed E-state index contributed by atoms with van der Waals surface area (Å²) < 4.78 is 14.3. The van der Waals surface area contributed by atoms with Gasteiger partial charge >= 0.3 is 0 Å². The van der Waals surface area contributed by atoms with Crippen LogP contribution in [0.2, 0.25) is 0 Å². The zero-order valence-corrected chi connectivity index (χ0v) is 16.7. The number of amides is 3. The number of nitrogens with one attached hydrogen (secondary N) is 1. The largest absolute Gasteiger partial charge is 0.324 e. The van der Waals surface area contributed by atoms with Crippen LogP contribution < -0.4 is 10.2 Å². The number of imide groups is 1. The van der Waals surface area contributed by atoms with Gasteiger partial charge in [0.05, 0.1) is 22.4 Å². The first-order valence-corrected chi connectivity index (χ1v) is 10.4. The fourth-order valence-electron chi connectivity index (χ4n) is 6.18. The number of carbonyl (C=O) groups excluding carboxylic acids is 3. The zero-order chi connectivity index (χ0) is 22.4. The van der Waals surface area contributed by atoms with Crippen molar-refractivity contribution in [3.8, 4) is 0 Å². The summed E-state index contributed by atoms with van der Waals surface area (Å²) in [5, 5.41) is 14.0. The van der Waals surface area contributed by atoms with E-state index in [1.54, 1.807) is 0 Å². The maximum absolute atomic E-state index is 14.3. The van der Waals surface area contributed by atoms with Gasteiger partial charge in [0.25, 0.3) is 5.69 Å². The van der Waals surface area contributed by atoms with E-state index in [-0.39, 0.29) is 17.4 Å². The van der Waals surface area contributed by atoms with Gasteiger partial charge in [0, 0.05) is 29.4 Å². The van der Waals surface area contributed by atoms with Crippen LogP contribution in [0.25, 0.3) is 0 Å². The molecule has 1 spiro atoms. The third kappa shape index (κ3) is 2.12. The number of nitrogens with zero attached hydrogens (tertiary/aromatic N) is 3. The van der Waals surface area contributed by atoms with Crippen molar-refractivity contribution in [2.45, 2.75) is 24.4 Å². The average Bonchev–Trinajstić information content (AvgIpc) is 3.46. The van der Waals surface area contributed by atoms with Gasteiger partial charge in [-0.3, -0.25) is 29.4 Å². The lowest BCUT2D eigenvalue weighted by atomic mass is 9.75. The molecular weight excluding hydrogens is 419 g/mol. The Bertz CT molecular complexity index is 1250. The van der Waals surface area contributed by atoms with E-state index >= 15 is 0 Å². The molecule has 3 fully saturated rings. The van der Waals surface area contributed by atoms with Crippen molar-refractivity contribution in [1.29, 1.82) is 0 Å². The van der Waals surface area contributed by atoms with Crippen LogP contribution in [0.4, 0.5) is 21.5 Å². The summed E-state index contributed by atoms with van der Waals surface area (Å²) in [7, 11) is 0. The van der Waals surface area contributed by atoms with Gasteiger partial charge in [0.15, 0.2) is 0 Å². The molecule has 2 aromatic carbocycles. The highest BCUT2D eigenvalue weighted by atomic mass is 19.1. The molecule has 2 aromatic rings. The number of nitro groups is 1. The molecule has 0 radical (unpaired) electrons. The molecule has 3 saturated heterocycles. The van der Waals surface area contributed by atoms with Gasteiger partial charge in [-0.2, -0.15) is 0 Å². The topological polar surface area (TPSA) is 113 Å². The minimum Gasteiger partial charge on any atom is -0.324 e. The van der Waals surface area contributed by atoms with Crippen LogP contribution in [-0.2, 0) is 19.9 Å². The number of benzene rings is 2. The Morgan fingerprint density at radius 1 is 1.12 bits per heavy atom. The van der Waals surface area contributed by atoms with E-state index in [1.165, 1.54) is 42.5 Å². The monoisotopic (exact) mass is 436 g/mol. The summed E-state index contributed by atoms with van der Waals surface area (Å²) in [6.07, 6.45) is 1.37. The second kappa shape index (κ2) is 6.19. The summed E-state index contributed by atoms with van der Waals surface area (Å²) in [5.74, 6) is -3.88. The molecule has 4 heterocycles. The fraction of sp³-hybridized carbons (Fsp3) is 0.318. The Balaban J connectivity index is 1.54. The molecule has 32 heavy (non-hydrogen) atoms. The number of carbonyl (C=O) groups is 3. The Labute approximate surface area is 180 Å². The molecule has 0 aromatic heterocycles. The second-order valence-corrected chi connectivity index (χ2v) is 8.61. The highest BCUT2D eigenvalue weighted by Gasteiger charge is 2.74. The number of rotatable bonds is 2. The summed E-state index contributed by atoms with van der Waals surface area (Å²) >= 11 is 0. The number of nitro benzene ring substituents is 1. The van der Waals surface area contributed by atoms with E-state index in [0.717, 1.165) is 11.3 Å². The average molecular weight is 436 g/mol. The molecule has 162 valence electrons. The predicted molar refractivity (Wildman–Crippen MR) is 109 cm³/mol. The first-order chi connectivity index (χ1) is 15.4. The van der Waals surface area contributed by atoms with Crippen LogP contribution in [0, 0.1) is 27.8 Å². The molecule has 1 N–H and O–H groups in total. The predicted octanol–water partition coefficient (Wildman–Crippen LogP) is 2.17. The second-order valence-electron chi connectivity index (χ2n) is 8.61. The van der Waals surface area contributed by atoms with E-state index in [0.29, 0.717) is 24.2 Å². The van der Waals surface area contributed by atoms with Gasteiger partial charge in [-0.1, -0.05) is 6.07 Å². The molecule has 10 heteroatoms. The molecule has 0 saturated carbocycles. The van der Waals surface area contributed by atoms with E-state index in [4.69, 9.17) is 0 Å². The quantitative estimate of drug-likeness (QED) is 0.439. The minimum atomic E-state index is -1.48. The molecule has 3 amide bonds. The number of non-ortho nitro benzene ring substituents is 1.